The molecule has 4 atom stereocenters. The molecule has 0 unspecified atom stereocenters. The highest BCUT2D eigenvalue weighted by molar-refractivity contribution is 6.24. The van der Waals surface area contributed by atoms with Crippen LogP contribution in [-0.4, -0.2) is 51.2 Å². The molecule has 1 aliphatic carbocycles. The number of aromatic nitrogens is 3. The molecule has 0 spiro atoms. The summed E-state index contributed by atoms with van der Waals surface area (Å²) >= 11 is 0. The van der Waals surface area contributed by atoms with E-state index in [1.165, 1.54) is 18.4 Å². The fourth-order valence-electron chi connectivity index (χ4n) is 8.69. The first-order chi connectivity index (χ1) is 26.8. The maximum Gasteiger partial charge on any atom is 0.323 e. The lowest BCUT2D eigenvalue weighted by Gasteiger charge is -2.20. The van der Waals surface area contributed by atoms with Gasteiger partial charge in [-0.25, -0.2) is 0 Å². The number of aromatic amines is 3. The van der Waals surface area contributed by atoms with E-state index in [0.29, 0.717) is 34.9 Å². The number of hydrogen-bond acceptors (Lipinski definition) is 7. The Hall–Kier alpha value is -5.09. The van der Waals surface area contributed by atoms with Gasteiger partial charge in [-0.1, -0.05) is 58.8 Å². The molecule has 10 heteroatoms. The van der Waals surface area contributed by atoms with Crippen molar-refractivity contribution in [1.82, 2.24) is 20.3 Å². The van der Waals surface area contributed by atoms with Crippen LogP contribution in [0.25, 0.3) is 29.9 Å². The lowest BCUT2D eigenvalue weighted by molar-refractivity contribution is -0.153. The first-order valence-electron chi connectivity index (χ1n) is 20.2. The third-order valence-electron chi connectivity index (χ3n) is 12.4. The molecule has 0 saturated carbocycles. The Kier molecular flexibility index (Phi) is 12.3. The van der Waals surface area contributed by atoms with Crippen molar-refractivity contribution >= 4 is 47.6 Å². The van der Waals surface area contributed by atoms with Crippen molar-refractivity contribution in [3.8, 4) is 0 Å². The molecule has 0 radical (unpaired) electrons. The van der Waals surface area contributed by atoms with Crippen LogP contribution < -0.4 is 16.0 Å². The Labute approximate surface area is 329 Å². The van der Waals surface area contributed by atoms with Crippen LogP contribution in [0.3, 0.4) is 0 Å². The summed E-state index contributed by atoms with van der Waals surface area (Å²) in [5.41, 5.74) is 11.8. The highest BCUT2D eigenvalue weighted by Gasteiger charge is 2.48. The average Bonchev–Trinajstić information content (AvgIpc) is 3.91. The van der Waals surface area contributed by atoms with Crippen molar-refractivity contribution < 1.29 is 29.0 Å². The van der Waals surface area contributed by atoms with Gasteiger partial charge >= 0.3 is 11.9 Å². The van der Waals surface area contributed by atoms with Gasteiger partial charge < -0.3 is 34.8 Å². The Morgan fingerprint density at radius 1 is 0.964 bits per heavy atom. The van der Waals surface area contributed by atoms with E-state index in [0.717, 1.165) is 80.6 Å². The molecule has 1 fully saturated rings. The minimum Gasteiger partial charge on any atom is -0.461 e. The average molecular weight is 763 g/mol. The fourth-order valence-corrected chi connectivity index (χ4v) is 8.69. The fraction of sp³-hybridized carbons (Fsp3) is 0.457. The summed E-state index contributed by atoms with van der Waals surface area (Å²) in [4.78, 5) is 52.0. The summed E-state index contributed by atoms with van der Waals surface area (Å²) in [6.07, 6.45) is 15.9. The van der Waals surface area contributed by atoms with Crippen molar-refractivity contribution in [2.24, 2.45) is 23.7 Å². The summed E-state index contributed by atoms with van der Waals surface area (Å²) in [5, 5.41) is 15.2. The second kappa shape index (κ2) is 17.0. The van der Waals surface area contributed by atoms with E-state index >= 15 is 0 Å². The molecule has 1 saturated heterocycles. The lowest BCUT2D eigenvalue weighted by Crippen LogP contribution is -2.26. The van der Waals surface area contributed by atoms with Gasteiger partial charge in [0.1, 0.15) is 12.5 Å². The van der Waals surface area contributed by atoms with Crippen molar-refractivity contribution in [3.05, 3.63) is 96.5 Å². The molecule has 10 nitrogen and oxygen atoms in total. The van der Waals surface area contributed by atoms with E-state index in [1.54, 1.807) is 0 Å². The van der Waals surface area contributed by atoms with Crippen LogP contribution in [0.2, 0.25) is 0 Å². The van der Waals surface area contributed by atoms with Gasteiger partial charge in [0.15, 0.2) is 12.6 Å². The number of fused-ring (bicyclic) bond motifs is 7. The summed E-state index contributed by atoms with van der Waals surface area (Å²) in [6, 6.07) is 0. The predicted octanol–water partition coefficient (Wildman–Crippen LogP) is 7.17. The van der Waals surface area contributed by atoms with Gasteiger partial charge in [-0.3, -0.25) is 14.4 Å². The van der Waals surface area contributed by atoms with Gasteiger partial charge in [0.05, 0.1) is 5.69 Å². The summed E-state index contributed by atoms with van der Waals surface area (Å²) in [7, 11) is 0. The normalized spacial score (nSPS) is 22.7. The number of aliphatic hydroxyl groups excluding tert-OH is 1. The molecule has 2 aliphatic heterocycles. The van der Waals surface area contributed by atoms with Crippen molar-refractivity contribution in [2.75, 3.05) is 13.4 Å². The predicted molar refractivity (Wildman–Crippen MR) is 221 cm³/mol. The summed E-state index contributed by atoms with van der Waals surface area (Å²) in [5.74, 6) is -2.52. The van der Waals surface area contributed by atoms with Crippen LogP contribution >= 0.6 is 0 Å². The van der Waals surface area contributed by atoms with Crippen LogP contribution in [0, 0.1) is 44.4 Å². The van der Waals surface area contributed by atoms with Crippen molar-refractivity contribution in [1.29, 1.82) is 0 Å². The smallest absolute Gasteiger partial charge is 0.323 e. The van der Waals surface area contributed by atoms with Crippen molar-refractivity contribution in [2.45, 2.75) is 100 Å². The number of carbonyl (C=O) groups excluding carboxylic acids is 3. The first-order valence-corrected chi connectivity index (χ1v) is 20.2. The zero-order valence-corrected chi connectivity index (χ0v) is 34.3. The van der Waals surface area contributed by atoms with Crippen LogP contribution in [0.1, 0.15) is 134 Å². The Balaban J connectivity index is 1.45. The van der Waals surface area contributed by atoms with Gasteiger partial charge in [-0.15, -0.1) is 0 Å². The van der Waals surface area contributed by atoms with Gasteiger partial charge in [0.2, 0.25) is 0 Å². The van der Waals surface area contributed by atoms with Gasteiger partial charge in [0.25, 0.3) is 0 Å². The molecule has 5 N–H and O–H groups in total. The topological polar surface area (TPSA) is 149 Å². The third kappa shape index (κ3) is 7.68. The van der Waals surface area contributed by atoms with Gasteiger partial charge in [0, 0.05) is 74.1 Å². The third-order valence-corrected chi connectivity index (χ3v) is 12.4. The van der Waals surface area contributed by atoms with E-state index in [-0.39, 0.29) is 36.6 Å². The molecule has 298 valence electrons. The number of allylic oxidation sites excluding steroid dienone is 3. The molecule has 8 bridgehead atoms. The van der Waals surface area contributed by atoms with E-state index in [4.69, 9.17) is 9.47 Å². The maximum absolute atomic E-state index is 14.4. The number of hydrogen-bond donors (Lipinski definition) is 5. The SMILES string of the molecule is C=Cc1c2[nH]c(c1C)/C=C1\N/C(=C3\c4[nH]c(c(C)c4C(=O)[C@@H]3C(=O)OCO)/C=c3\[nH]/c(c(C)c3CC)=C\2)[C@@H](CCC(=O)OC/C=C(\C)CCC[C@H](C)CC)[C@@H]1C. The van der Waals surface area contributed by atoms with Crippen molar-refractivity contribution in [3.63, 3.8) is 0 Å². The molecule has 6 rings (SSSR count). The van der Waals surface area contributed by atoms with E-state index in [9.17, 15) is 19.5 Å². The number of carbonyl (C=O) groups is 3. The molecule has 0 amide bonds. The zero-order valence-electron chi connectivity index (χ0n) is 34.3. The molecule has 3 aliphatic rings. The van der Waals surface area contributed by atoms with Crippen LogP contribution in [0.4, 0.5) is 0 Å². The highest BCUT2D eigenvalue weighted by atomic mass is 16.6. The molecule has 3 aromatic rings. The second-order valence-electron chi connectivity index (χ2n) is 15.8. The first kappa shape index (κ1) is 40.6. The number of aliphatic hydroxyl groups is 1. The van der Waals surface area contributed by atoms with Gasteiger partial charge in [-0.05, 0) is 106 Å². The quantitative estimate of drug-likeness (QED) is 0.0506. The van der Waals surface area contributed by atoms with Crippen LogP contribution in [0.15, 0.2) is 29.6 Å². The number of esters is 2. The maximum atomic E-state index is 14.4. The van der Waals surface area contributed by atoms with Crippen LogP contribution in [0.5, 0.6) is 0 Å². The highest BCUT2D eigenvalue weighted by Crippen LogP contribution is 2.48. The Bertz CT molecular complexity index is 2270. The Morgan fingerprint density at radius 2 is 1.70 bits per heavy atom. The number of ether oxygens (including phenoxy) is 2. The molecule has 3 aromatic heterocycles. The van der Waals surface area contributed by atoms with E-state index < -0.39 is 18.7 Å². The number of nitrogens with one attached hydrogen (secondary N) is 4. The summed E-state index contributed by atoms with van der Waals surface area (Å²) < 4.78 is 10.8. The molecule has 0 aromatic carbocycles. The van der Waals surface area contributed by atoms with Crippen LogP contribution in [-0.2, 0) is 25.5 Å². The minimum atomic E-state index is -1.29. The standard InChI is InChI=1S/C46H58N4O6/c1-10-24(4)14-13-15-25(5)18-19-55-39(52)17-16-32-28(8)35-20-33-26(6)30(11-2)37(47-33)21-34-27(7)31(12-3)38(48-34)22-36-29(9)40-44(50-36)41(43(32)49-35)42(45(40)53)46(54)56-23-51/h11,18,20-22,24,28,32,42,47-51H,2,10,12-17,19,23H2,1,3-9H3/b25-18+,34-21-,35-20-,38-22-,43-41-/t24-,28+,32+,42-/m1/s1. The van der Waals surface area contributed by atoms with E-state index in [2.05, 4.69) is 87.5 Å². The largest absolute Gasteiger partial charge is 0.461 e. The lowest BCUT2D eigenvalue weighted by atomic mass is 9.85. The Morgan fingerprint density at radius 3 is 2.39 bits per heavy atom. The second-order valence-corrected chi connectivity index (χ2v) is 15.8. The molecular weight excluding hydrogens is 705 g/mol. The van der Waals surface area contributed by atoms with E-state index in [1.807, 2.05) is 25.2 Å². The number of Topliss-reactive ketones (excluding diaryl/α,β-unsaturated/α-hetero) is 1. The zero-order chi connectivity index (χ0) is 40.4. The molecule has 5 heterocycles. The minimum absolute atomic E-state index is 0.133. The number of ketones is 1. The van der Waals surface area contributed by atoms with Gasteiger partial charge in [-0.2, -0.15) is 0 Å². The monoisotopic (exact) mass is 762 g/mol. The summed E-state index contributed by atoms with van der Waals surface area (Å²) in [6.45, 7) is 20.3. The molecule has 56 heavy (non-hydrogen) atoms. The number of rotatable bonds is 14. The number of H-pyrrole nitrogens is 3. The molecular formula is C46H58N4O6.